The summed E-state index contributed by atoms with van der Waals surface area (Å²) in [4.78, 5) is 11.9. The number of hydrogen-bond donors (Lipinski definition) is 3. The van der Waals surface area contributed by atoms with Crippen LogP contribution in [0.3, 0.4) is 0 Å². The number of benzene rings is 1. The summed E-state index contributed by atoms with van der Waals surface area (Å²) >= 11 is 0. The van der Waals surface area contributed by atoms with Gasteiger partial charge in [0.05, 0.1) is 11.5 Å². The van der Waals surface area contributed by atoms with Gasteiger partial charge in [-0.15, -0.1) is 0 Å². The van der Waals surface area contributed by atoms with Crippen molar-refractivity contribution >= 4 is 15.9 Å². The van der Waals surface area contributed by atoms with Gasteiger partial charge in [0.2, 0.25) is 10.0 Å². The highest BCUT2D eigenvalue weighted by atomic mass is 32.2. The summed E-state index contributed by atoms with van der Waals surface area (Å²) in [5.74, 6) is -0.357. The van der Waals surface area contributed by atoms with Crippen LogP contribution in [0.25, 0.3) is 0 Å². The van der Waals surface area contributed by atoms with Crippen LogP contribution in [0.4, 0.5) is 0 Å². The van der Waals surface area contributed by atoms with Gasteiger partial charge < -0.3 is 10.4 Å². The number of rotatable bonds is 5. The molecule has 0 fully saturated rings. The Kier molecular flexibility index (Phi) is 5.49. The van der Waals surface area contributed by atoms with Crippen LogP contribution < -0.4 is 10.0 Å². The van der Waals surface area contributed by atoms with Crippen LogP contribution in [0.5, 0.6) is 0 Å². The van der Waals surface area contributed by atoms with Crippen molar-refractivity contribution in [1.82, 2.24) is 10.0 Å². The number of carbonyl (C=O) groups excluding carboxylic acids is 1. The predicted octanol–water partition coefficient (Wildman–Crippen LogP) is 0.874. The minimum atomic E-state index is -3.61. The zero-order valence-corrected chi connectivity index (χ0v) is 13.5. The number of aliphatic hydroxyl groups excluding tert-OH is 1. The summed E-state index contributed by atoms with van der Waals surface area (Å²) in [5.41, 5.74) is -0.240. The number of nitrogens with one attached hydrogen (secondary N) is 2. The quantitative estimate of drug-likeness (QED) is 0.751. The third-order valence-corrected chi connectivity index (χ3v) is 4.29. The molecule has 21 heavy (non-hydrogen) atoms. The van der Waals surface area contributed by atoms with Crippen LogP contribution in [-0.2, 0) is 10.0 Å². The largest absolute Gasteiger partial charge is 0.394 e. The predicted molar refractivity (Wildman–Crippen MR) is 80.5 cm³/mol. The summed E-state index contributed by atoms with van der Waals surface area (Å²) in [6, 6.07) is 5.29. The first kappa shape index (κ1) is 17.6. The Morgan fingerprint density at radius 1 is 1.24 bits per heavy atom. The highest BCUT2D eigenvalue weighted by molar-refractivity contribution is 7.89. The summed E-state index contributed by atoms with van der Waals surface area (Å²) in [6.45, 7) is 6.77. The minimum absolute atomic E-state index is 0.101. The fraction of sp³-hybridized carbons (Fsp3) is 0.500. The zero-order valence-electron chi connectivity index (χ0n) is 12.7. The lowest BCUT2D eigenvalue weighted by atomic mass is 10.1. The number of sulfonamides is 1. The second kappa shape index (κ2) is 6.55. The molecule has 0 saturated heterocycles. The summed E-state index contributed by atoms with van der Waals surface area (Å²) in [7, 11) is -3.61. The van der Waals surface area contributed by atoms with E-state index in [1.165, 1.54) is 24.3 Å². The third-order valence-electron chi connectivity index (χ3n) is 2.52. The molecule has 118 valence electrons. The van der Waals surface area contributed by atoms with Crippen molar-refractivity contribution in [2.75, 3.05) is 6.61 Å². The van der Waals surface area contributed by atoms with E-state index in [1.807, 2.05) is 0 Å². The Balaban J connectivity index is 2.90. The number of hydrogen-bond acceptors (Lipinski definition) is 4. The smallest absolute Gasteiger partial charge is 0.251 e. The van der Waals surface area contributed by atoms with E-state index in [0.29, 0.717) is 5.56 Å². The highest BCUT2D eigenvalue weighted by Crippen LogP contribution is 2.14. The van der Waals surface area contributed by atoms with Gasteiger partial charge in [0.15, 0.2) is 0 Å². The summed E-state index contributed by atoms with van der Waals surface area (Å²) in [6.07, 6.45) is 0. The lowest BCUT2D eigenvalue weighted by molar-refractivity contribution is 0.0922. The first-order chi connectivity index (χ1) is 9.55. The zero-order chi connectivity index (χ0) is 16.3. The molecule has 1 rings (SSSR count). The molecule has 0 aliphatic rings. The van der Waals surface area contributed by atoms with Crippen LogP contribution in [-0.4, -0.2) is 37.6 Å². The van der Waals surface area contributed by atoms with E-state index in [9.17, 15) is 13.2 Å². The van der Waals surface area contributed by atoms with Gasteiger partial charge in [-0.05, 0) is 52.0 Å². The van der Waals surface area contributed by atoms with Crippen LogP contribution in [0.1, 0.15) is 38.1 Å². The molecule has 0 bridgehead atoms. The van der Waals surface area contributed by atoms with Gasteiger partial charge in [-0.3, -0.25) is 4.79 Å². The van der Waals surface area contributed by atoms with E-state index in [0.717, 1.165) is 0 Å². The van der Waals surface area contributed by atoms with Gasteiger partial charge in [-0.2, -0.15) is 0 Å². The summed E-state index contributed by atoms with van der Waals surface area (Å²) < 4.78 is 26.8. The van der Waals surface area contributed by atoms with Crippen molar-refractivity contribution in [1.29, 1.82) is 0 Å². The second-order valence-electron chi connectivity index (χ2n) is 5.94. The third kappa shape index (κ3) is 5.45. The van der Waals surface area contributed by atoms with Gasteiger partial charge in [-0.1, -0.05) is 0 Å². The Labute approximate surface area is 125 Å². The molecule has 1 amide bonds. The van der Waals surface area contributed by atoms with Gasteiger partial charge >= 0.3 is 0 Å². The van der Waals surface area contributed by atoms with E-state index in [4.69, 9.17) is 5.11 Å². The maximum Gasteiger partial charge on any atom is 0.251 e. The van der Waals surface area contributed by atoms with Gasteiger partial charge in [0.1, 0.15) is 0 Å². The van der Waals surface area contributed by atoms with Crippen molar-refractivity contribution in [3.05, 3.63) is 29.8 Å². The molecule has 7 heteroatoms. The minimum Gasteiger partial charge on any atom is -0.394 e. The molecule has 0 radical (unpaired) electrons. The maximum absolute atomic E-state index is 12.1. The molecule has 1 aromatic carbocycles. The fourth-order valence-electron chi connectivity index (χ4n) is 1.60. The molecule has 1 aromatic rings. The Bertz CT molecular complexity index is 588. The van der Waals surface area contributed by atoms with E-state index < -0.39 is 15.6 Å². The molecule has 0 heterocycles. The first-order valence-corrected chi connectivity index (χ1v) is 8.09. The fourth-order valence-corrected chi connectivity index (χ4v) is 3.02. The van der Waals surface area contributed by atoms with Gasteiger partial charge in [0.25, 0.3) is 5.91 Å². The standard InChI is InChI=1S/C14H22N2O4S/c1-10(9-17)15-13(18)11-5-7-12(8-6-11)21(19,20)16-14(2,3)4/h5-8,10,16-17H,9H2,1-4H3,(H,15,18). The van der Waals surface area contributed by atoms with Crippen molar-refractivity contribution in [3.8, 4) is 0 Å². The monoisotopic (exact) mass is 314 g/mol. The highest BCUT2D eigenvalue weighted by Gasteiger charge is 2.22. The normalized spacial score (nSPS) is 13.8. The van der Waals surface area contributed by atoms with Crippen LogP contribution in [0.2, 0.25) is 0 Å². The van der Waals surface area contributed by atoms with Crippen molar-refractivity contribution in [2.45, 2.75) is 44.2 Å². The number of aliphatic hydroxyl groups is 1. The molecule has 0 aromatic heterocycles. The SMILES string of the molecule is CC(CO)NC(=O)c1ccc(S(=O)(=O)NC(C)(C)C)cc1. The second-order valence-corrected chi connectivity index (χ2v) is 7.62. The molecule has 1 atom stereocenters. The van der Waals surface area contributed by atoms with Crippen LogP contribution >= 0.6 is 0 Å². The molecule has 0 aliphatic heterocycles. The lowest BCUT2D eigenvalue weighted by Gasteiger charge is -2.20. The Hall–Kier alpha value is -1.44. The first-order valence-electron chi connectivity index (χ1n) is 6.61. The van der Waals surface area contributed by atoms with E-state index in [1.54, 1.807) is 27.7 Å². The molecular weight excluding hydrogens is 292 g/mol. The lowest BCUT2D eigenvalue weighted by Crippen LogP contribution is -2.40. The molecule has 3 N–H and O–H groups in total. The van der Waals surface area contributed by atoms with E-state index in [2.05, 4.69) is 10.0 Å². The average Bonchev–Trinajstić information content (AvgIpc) is 2.36. The van der Waals surface area contributed by atoms with Crippen LogP contribution in [0, 0.1) is 0 Å². The molecule has 0 saturated carbocycles. The van der Waals surface area contributed by atoms with Crippen molar-refractivity contribution in [2.24, 2.45) is 0 Å². The Morgan fingerprint density at radius 3 is 2.19 bits per heavy atom. The number of amides is 1. The topological polar surface area (TPSA) is 95.5 Å². The molecule has 1 unspecified atom stereocenters. The van der Waals surface area contributed by atoms with E-state index >= 15 is 0 Å². The van der Waals surface area contributed by atoms with Crippen LogP contribution in [0.15, 0.2) is 29.2 Å². The van der Waals surface area contributed by atoms with Gasteiger partial charge in [0, 0.05) is 17.1 Å². The Morgan fingerprint density at radius 2 is 1.76 bits per heavy atom. The van der Waals surface area contributed by atoms with Gasteiger partial charge in [-0.25, -0.2) is 13.1 Å². The maximum atomic E-state index is 12.1. The van der Waals surface area contributed by atoms with Crippen molar-refractivity contribution < 1.29 is 18.3 Å². The van der Waals surface area contributed by atoms with Crippen molar-refractivity contribution in [3.63, 3.8) is 0 Å². The van der Waals surface area contributed by atoms with E-state index in [-0.39, 0.29) is 23.5 Å². The number of carbonyl (C=O) groups is 1. The summed E-state index contributed by atoms with van der Waals surface area (Å²) in [5, 5.41) is 11.5. The average molecular weight is 314 g/mol. The molecule has 0 spiro atoms. The molecule has 0 aliphatic carbocycles. The molecule has 6 nitrogen and oxygen atoms in total. The molecular formula is C14H22N2O4S.